The Bertz CT molecular complexity index is 359. The van der Waals surface area contributed by atoms with E-state index in [1.807, 2.05) is 26.0 Å². The summed E-state index contributed by atoms with van der Waals surface area (Å²) in [5.74, 6) is 0.772. The minimum Gasteiger partial charge on any atom is -0.488 e. The molecule has 0 radical (unpaired) electrons. The van der Waals surface area contributed by atoms with Crippen LogP contribution in [-0.2, 0) is 4.43 Å². The van der Waals surface area contributed by atoms with Crippen LogP contribution in [0, 0.1) is 0 Å². The standard InChI is InChI=1S/C13H20O3Si/c1-4-12(13(2,3)16-17)15-11-7-5-10(9-14)6-8-11/h5-9,12H,4H2,1-3,17H3. The van der Waals surface area contributed by atoms with Gasteiger partial charge < -0.3 is 9.16 Å². The van der Waals surface area contributed by atoms with Crippen LogP contribution in [0.5, 0.6) is 5.75 Å². The van der Waals surface area contributed by atoms with Gasteiger partial charge in [0.05, 0.1) is 5.60 Å². The number of benzene rings is 1. The highest BCUT2D eigenvalue weighted by molar-refractivity contribution is 5.98. The summed E-state index contributed by atoms with van der Waals surface area (Å²) in [4.78, 5) is 10.5. The van der Waals surface area contributed by atoms with Gasteiger partial charge in [0.2, 0.25) is 0 Å². The lowest BCUT2D eigenvalue weighted by molar-refractivity contribution is -0.00966. The molecular weight excluding hydrogens is 232 g/mol. The number of carbonyl (C=O) groups is 1. The first kappa shape index (κ1) is 13.9. The lowest BCUT2D eigenvalue weighted by Gasteiger charge is -2.33. The predicted octanol–water partition coefficient (Wildman–Crippen LogP) is 1.73. The third-order valence-electron chi connectivity index (χ3n) is 2.97. The molecule has 17 heavy (non-hydrogen) atoms. The Labute approximate surface area is 106 Å². The first-order valence-corrected chi connectivity index (χ1v) is 6.62. The summed E-state index contributed by atoms with van der Waals surface area (Å²) < 4.78 is 11.5. The van der Waals surface area contributed by atoms with Gasteiger partial charge in [-0.3, -0.25) is 4.79 Å². The van der Waals surface area contributed by atoms with Crippen molar-refractivity contribution in [1.82, 2.24) is 0 Å². The molecule has 1 aromatic rings. The Morgan fingerprint density at radius 3 is 2.35 bits per heavy atom. The molecule has 0 aromatic heterocycles. The topological polar surface area (TPSA) is 35.5 Å². The minimum atomic E-state index is -0.274. The molecule has 0 aliphatic heterocycles. The van der Waals surface area contributed by atoms with Crippen LogP contribution < -0.4 is 4.74 Å². The van der Waals surface area contributed by atoms with Crippen LogP contribution in [0.3, 0.4) is 0 Å². The largest absolute Gasteiger partial charge is 0.488 e. The smallest absolute Gasteiger partial charge is 0.150 e. The second-order valence-electron chi connectivity index (χ2n) is 4.51. The van der Waals surface area contributed by atoms with Crippen molar-refractivity contribution in [3.8, 4) is 5.75 Å². The minimum absolute atomic E-state index is 0.0158. The van der Waals surface area contributed by atoms with Crippen molar-refractivity contribution in [2.75, 3.05) is 0 Å². The monoisotopic (exact) mass is 252 g/mol. The third kappa shape index (κ3) is 3.68. The highest BCUT2D eigenvalue weighted by Gasteiger charge is 2.29. The number of hydrogen-bond donors (Lipinski definition) is 0. The molecule has 0 saturated carbocycles. The number of hydrogen-bond acceptors (Lipinski definition) is 3. The van der Waals surface area contributed by atoms with Crippen LogP contribution in [0.4, 0.5) is 0 Å². The van der Waals surface area contributed by atoms with Gasteiger partial charge in [-0.25, -0.2) is 0 Å². The van der Waals surface area contributed by atoms with E-state index < -0.39 is 0 Å². The van der Waals surface area contributed by atoms with E-state index in [1.54, 1.807) is 12.1 Å². The summed E-state index contributed by atoms with van der Waals surface area (Å²) in [6, 6.07) is 7.14. The fourth-order valence-electron chi connectivity index (χ4n) is 1.64. The van der Waals surface area contributed by atoms with Crippen LogP contribution in [0.2, 0.25) is 0 Å². The van der Waals surface area contributed by atoms with Crippen LogP contribution in [0.15, 0.2) is 24.3 Å². The molecule has 1 aromatic carbocycles. The molecule has 0 saturated heterocycles. The summed E-state index contributed by atoms with van der Waals surface area (Å²) in [6.45, 7) is 6.15. The molecule has 0 amide bonds. The number of rotatable bonds is 6. The van der Waals surface area contributed by atoms with E-state index in [2.05, 4.69) is 6.92 Å². The fraction of sp³-hybridized carbons (Fsp3) is 0.462. The van der Waals surface area contributed by atoms with Crippen LogP contribution in [-0.4, -0.2) is 28.5 Å². The molecule has 0 aliphatic rings. The highest BCUT2D eigenvalue weighted by Crippen LogP contribution is 2.23. The first-order chi connectivity index (χ1) is 8.03. The van der Waals surface area contributed by atoms with E-state index in [4.69, 9.17) is 9.16 Å². The van der Waals surface area contributed by atoms with Gasteiger partial charge in [-0.05, 0) is 44.5 Å². The highest BCUT2D eigenvalue weighted by atomic mass is 28.2. The Morgan fingerprint density at radius 2 is 1.94 bits per heavy atom. The van der Waals surface area contributed by atoms with Gasteiger partial charge in [0.15, 0.2) is 0 Å². The molecular formula is C13H20O3Si. The molecule has 0 aliphatic carbocycles. The van der Waals surface area contributed by atoms with Crippen molar-refractivity contribution in [3.63, 3.8) is 0 Å². The molecule has 1 rings (SSSR count). The van der Waals surface area contributed by atoms with Gasteiger partial charge in [-0.2, -0.15) is 0 Å². The van der Waals surface area contributed by atoms with Crippen molar-refractivity contribution in [2.24, 2.45) is 0 Å². The summed E-state index contributed by atoms with van der Waals surface area (Å²) in [6.07, 6.45) is 1.72. The molecule has 0 spiro atoms. The van der Waals surface area contributed by atoms with Gasteiger partial charge in [-0.1, -0.05) is 6.92 Å². The van der Waals surface area contributed by atoms with Gasteiger partial charge in [0.1, 0.15) is 28.6 Å². The summed E-state index contributed by atoms with van der Waals surface area (Å²) in [5.41, 5.74) is 0.383. The van der Waals surface area contributed by atoms with E-state index in [1.165, 1.54) is 0 Å². The molecule has 1 unspecified atom stereocenters. The Hall–Kier alpha value is -1.13. The number of ether oxygens (including phenoxy) is 1. The maximum absolute atomic E-state index is 10.5. The zero-order valence-electron chi connectivity index (χ0n) is 10.9. The maximum atomic E-state index is 10.5. The van der Waals surface area contributed by atoms with Crippen molar-refractivity contribution in [1.29, 1.82) is 0 Å². The predicted molar refractivity (Wildman–Crippen MR) is 71.6 cm³/mol. The Balaban J connectivity index is 2.77. The summed E-state index contributed by atoms with van der Waals surface area (Å²) >= 11 is 0. The average molecular weight is 252 g/mol. The van der Waals surface area contributed by atoms with E-state index in [0.717, 1.165) is 18.5 Å². The van der Waals surface area contributed by atoms with Gasteiger partial charge >= 0.3 is 0 Å². The molecule has 0 N–H and O–H groups in total. The lowest BCUT2D eigenvalue weighted by atomic mass is 9.99. The number of carbonyl (C=O) groups excluding carboxylic acids is 1. The van der Waals surface area contributed by atoms with Crippen molar-refractivity contribution < 1.29 is 14.0 Å². The second kappa shape index (κ2) is 5.98. The van der Waals surface area contributed by atoms with E-state index in [-0.39, 0.29) is 11.7 Å². The van der Waals surface area contributed by atoms with E-state index in [9.17, 15) is 4.79 Å². The third-order valence-corrected chi connectivity index (χ3v) is 4.02. The molecule has 94 valence electrons. The van der Waals surface area contributed by atoms with Gasteiger partial charge in [0, 0.05) is 5.56 Å². The van der Waals surface area contributed by atoms with E-state index >= 15 is 0 Å². The molecule has 0 bridgehead atoms. The van der Waals surface area contributed by atoms with Crippen molar-refractivity contribution >= 4 is 16.8 Å². The molecule has 0 fully saturated rings. The SMILES string of the molecule is CCC(Oc1ccc(C=O)cc1)C(C)(C)O[SiH3]. The first-order valence-electron chi connectivity index (χ1n) is 5.80. The van der Waals surface area contributed by atoms with Gasteiger partial charge in [0.25, 0.3) is 0 Å². The van der Waals surface area contributed by atoms with Crippen LogP contribution in [0.25, 0.3) is 0 Å². The summed E-state index contributed by atoms with van der Waals surface area (Å²) in [7, 11) is 0.689. The Morgan fingerprint density at radius 1 is 1.35 bits per heavy atom. The Kier molecular flexibility index (Phi) is 4.90. The number of aldehydes is 1. The van der Waals surface area contributed by atoms with Crippen molar-refractivity contribution in [3.05, 3.63) is 29.8 Å². The second-order valence-corrected chi connectivity index (χ2v) is 4.92. The molecule has 1 atom stereocenters. The van der Waals surface area contributed by atoms with Gasteiger partial charge in [-0.15, -0.1) is 0 Å². The molecule has 3 nitrogen and oxygen atoms in total. The quantitative estimate of drug-likeness (QED) is 0.571. The normalized spacial score (nSPS) is 13.4. The van der Waals surface area contributed by atoms with E-state index in [0.29, 0.717) is 16.0 Å². The zero-order chi connectivity index (χ0) is 12.9. The average Bonchev–Trinajstić information content (AvgIpc) is 2.36. The van der Waals surface area contributed by atoms with Crippen LogP contribution in [0.1, 0.15) is 37.6 Å². The van der Waals surface area contributed by atoms with Crippen molar-refractivity contribution in [2.45, 2.75) is 38.9 Å². The zero-order valence-corrected chi connectivity index (χ0v) is 12.9. The summed E-state index contributed by atoms with van der Waals surface area (Å²) in [5, 5.41) is 0. The molecule has 4 heteroatoms. The van der Waals surface area contributed by atoms with Crippen LogP contribution >= 0.6 is 0 Å². The molecule has 0 heterocycles. The lowest BCUT2D eigenvalue weighted by Crippen LogP contribution is -2.42. The fourth-order valence-corrected chi connectivity index (χ4v) is 1.90. The maximum Gasteiger partial charge on any atom is 0.150 e.